The highest BCUT2D eigenvalue weighted by molar-refractivity contribution is 6.19. The van der Waals surface area contributed by atoms with E-state index in [4.69, 9.17) is 4.42 Å². The van der Waals surface area contributed by atoms with Crippen molar-refractivity contribution in [2.24, 2.45) is 4.99 Å². The van der Waals surface area contributed by atoms with Crippen molar-refractivity contribution in [3.63, 3.8) is 0 Å². The van der Waals surface area contributed by atoms with Crippen molar-refractivity contribution in [3.05, 3.63) is 66.1 Å². The first-order valence-electron chi connectivity index (χ1n) is 6.72. The lowest BCUT2D eigenvalue weighted by Gasteiger charge is -2.10. The van der Waals surface area contributed by atoms with Crippen LogP contribution in [0.15, 0.2) is 64.2 Å². The number of aliphatic imine (C=N–C) groups is 1. The van der Waals surface area contributed by atoms with Gasteiger partial charge in [-0.2, -0.15) is 0 Å². The molecule has 1 aromatic heterocycles. The van der Waals surface area contributed by atoms with Crippen LogP contribution >= 0.6 is 0 Å². The molecule has 0 atom stereocenters. The molecule has 0 aliphatic carbocycles. The lowest BCUT2D eigenvalue weighted by Crippen LogP contribution is -2.13. The fourth-order valence-corrected chi connectivity index (χ4v) is 2.59. The number of carbonyl (C=O) groups is 1. The van der Waals surface area contributed by atoms with Gasteiger partial charge in [-0.1, -0.05) is 24.3 Å². The minimum absolute atomic E-state index is 0.0983. The summed E-state index contributed by atoms with van der Waals surface area (Å²) in [6.45, 7) is 0.0983. The van der Waals surface area contributed by atoms with Gasteiger partial charge < -0.3 is 9.73 Å². The second kappa shape index (κ2) is 4.59. The van der Waals surface area contributed by atoms with Gasteiger partial charge in [0.05, 0.1) is 12.0 Å². The van der Waals surface area contributed by atoms with Crippen molar-refractivity contribution < 1.29 is 9.21 Å². The maximum Gasteiger partial charge on any atom is 0.246 e. The first-order chi connectivity index (χ1) is 10.3. The highest BCUT2D eigenvalue weighted by Gasteiger charge is 2.20. The SMILES string of the molecule is O=C1CN=C(c2ccco2)c2cc3ccccc3cc2N1. The number of nitrogens with one attached hydrogen (secondary N) is 1. The normalized spacial score (nSPS) is 14.3. The van der Waals surface area contributed by atoms with Crippen LogP contribution in [0.25, 0.3) is 10.8 Å². The number of amides is 1. The summed E-state index contributed by atoms with van der Waals surface area (Å²) < 4.78 is 5.46. The molecule has 0 unspecified atom stereocenters. The van der Waals surface area contributed by atoms with Crippen LogP contribution in [0.1, 0.15) is 11.3 Å². The minimum Gasteiger partial charge on any atom is -0.463 e. The van der Waals surface area contributed by atoms with Crippen molar-refractivity contribution in [2.75, 3.05) is 11.9 Å². The van der Waals surface area contributed by atoms with E-state index in [9.17, 15) is 4.79 Å². The predicted octanol–water partition coefficient (Wildman–Crippen LogP) is 3.22. The van der Waals surface area contributed by atoms with Crippen LogP contribution in [-0.2, 0) is 4.79 Å². The summed E-state index contributed by atoms with van der Waals surface area (Å²) in [4.78, 5) is 16.3. The van der Waals surface area contributed by atoms with E-state index in [-0.39, 0.29) is 12.5 Å². The molecule has 0 fully saturated rings. The predicted molar refractivity (Wildman–Crippen MR) is 81.8 cm³/mol. The maximum atomic E-state index is 11.8. The Bertz CT molecular complexity index is 864. The molecule has 0 bridgehead atoms. The number of hydrogen-bond donors (Lipinski definition) is 1. The Balaban J connectivity index is 2.00. The molecule has 0 saturated heterocycles. The molecule has 21 heavy (non-hydrogen) atoms. The number of hydrogen-bond acceptors (Lipinski definition) is 3. The molecular weight excluding hydrogens is 264 g/mol. The molecule has 2 aromatic carbocycles. The molecular formula is C17H12N2O2. The summed E-state index contributed by atoms with van der Waals surface area (Å²) in [5, 5.41) is 5.10. The Kier molecular flexibility index (Phi) is 2.60. The number of carbonyl (C=O) groups excluding carboxylic acids is 1. The molecule has 2 heterocycles. The van der Waals surface area contributed by atoms with Crippen LogP contribution < -0.4 is 5.32 Å². The van der Waals surface area contributed by atoms with Crippen molar-refractivity contribution in [1.29, 1.82) is 0 Å². The van der Waals surface area contributed by atoms with Gasteiger partial charge in [0.15, 0.2) is 5.76 Å². The van der Waals surface area contributed by atoms with Gasteiger partial charge in [0.1, 0.15) is 12.3 Å². The number of anilines is 1. The monoisotopic (exact) mass is 276 g/mol. The summed E-state index contributed by atoms with van der Waals surface area (Å²) in [6, 6.07) is 15.7. The van der Waals surface area contributed by atoms with Crippen LogP contribution in [0.2, 0.25) is 0 Å². The third-order valence-corrected chi connectivity index (χ3v) is 3.55. The number of rotatable bonds is 1. The van der Waals surface area contributed by atoms with E-state index in [2.05, 4.69) is 10.3 Å². The maximum absolute atomic E-state index is 11.8. The molecule has 0 saturated carbocycles. The van der Waals surface area contributed by atoms with E-state index < -0.39 is 0 Å². The largest absolute Gasteiger partial charge is 0.463 e. The topological polar surface area (TPSA) is 54.6 Å². The average Bonchev–Trinajstić information content (AvgIpc) is 2.96. The van der Waals surface area contributed by atoms with Crippen LogP contribution in [-0.4, -0.2) is 18.2 Å². The van der Waals surface area contributed by atoms with Crippen LogP contribution in [0, 0.1) is 0 Å². The fraction of sp³-hybridized carbons (Fsp3) is 0.0588. The average molecular weight is 276 g/mol. The Labute approximate surface area is 121 Å². The molecule has 3 aromatic rings. The molecule has 1 aliphatic rings. The lowest BCUT2D eigenvalue weighted by molar-refractivity contribution is -0.114. The molecule has 102 valence electrons. The highest BCUT2D eigenvalue weighted by Crippen LogP contribution is 2.28. The van der Waals surface area contributed by atoms with Crippen molar-refractivity contribution in [1.82, 2.24) is 0 Å². The van der Waals surface area contributed by atoms with E-state index in [0.29, 0.717) is 11.5 Å². The van der Waals surface area contributed by atoms with Gasteiger partial charge in [0.2, 0.25) is 5.91 Å². The van der Waals surface area contributed by atoms with E-state index in [1.807, 2.05) is 48.5 Å². The van der Waals surface area contributed by atoms with Crippen molar-refractivity contribution >= 4 is 28.1 Å². The molecule has 1 amide bonds. The minimum atomic E-state index is -0.118. The summed E-state index contributed by atoms with van der Waals surface area (Å²) >= 11 is 0. The second-order valence-electron chi connectivity index (χ2n) is 4.94. The number of benzene rings is 2. The first-order valence-corrected chi connectivity index (χ1v) is 6.72. The molecule has 4 rings (SSSR count). The number of furan rings is 1. The van der Waals surface area contributed by atoms with Gasteiger partial charge in [0, 0.05) is 5.56 Å². The highest BCUT2D eigenvalue weighted by atomic mass is 16.3. The van der Waals surface area contributed by atoms with E-state index >= 15 is 0 Å². The molecule has 1 N–H and O–H groups in total. The van der Waals surface area contributed by atoms with E-state index in [0.717, 1.165) is 22.0 Å². The lowest BCUT2D eigenvalue weighted by atomic mass is 10.0. The Hall–Kier alpha value is -2.88. The zero-order valence-corrected chi connectivity index (χ0v) is 11.2. The molecule has 4 nitrogen and oxygen atoms in total. The van der Waals surface area contributed by atoms with E-state index in [1.54, 1.807) is 6.26 Å². The van der Waals surface area contributed by atoms with Gasteiger partial charge in [-0.25, -0.2) is 0 Å². The summed E-state index contributed by atoms with van der Waals surface area (Å²) in [5.74, 6) is 0.552. The summed E-state index contributed by atoms with van der Waals surface area (Å²) in [6.07, 6.45) is 1.61. The van der Waals surface area contributed by atoms with Gasteiger partial charge in [-0.3, -0.25) is 9.79 Å². The fourth-order valence-electron chi connectivity index (χ4n) is 2.59. The molecule has 0 spiro atoms. The molecule has 1 aliphatic heterocycles. The van der Waals surface area contributed by atoms with E-state index in [1.165, 1.54) is 0 Å². The first kappa shape index (κ1) is 11.9. The van der Waals surface area contributed by atoms with Crippen LogP contribution in [0.5, 0.6) is 0 Å². The standard InChI is InChI=1S/C17H12N2O2/c20-16-10-18-17(15-6-3-7-21-15)13-8-11-4-1-2-5-12(11)9-14(13)19-16/h1-9H,10H2,(H,19,20). The third kappa shape index (κ3) is 2.01. The summed E-state index contributed by atoms with van der Waals surface area (Å²) in [5.41, 5.74) is 2.36. The van der Waals surface area contributed by atoms with Gasteiger partial charge in [-0.05, 0) is 35.0 Å². The van der Waals surface area contributed by atoms with Crippen LogP contribution in [0.4, 0.5) is 5.69 Å². The Morgan fingerprint density at radius 3 is 2.62 bits per heavy atom. The van der Waals surface area contributed by atoms with Crippen LogP contribution in [0.3, 0.4) is 0 Å². The van der Waals surface area contributed by atoms with Crippen molar-refractivity contribution in [3.8, 4) is 0 Å². The summed E-state index contributed by atoms with van der Waals surface area (Å²) in [7, 11) is 0. The molecule has 0 radical (unpaired) electrons. The van der Waals surface area contributed by atoms with Gasteiger partial charge in [-0.15, -0.1) is 0 Å². The Morgan fingerprint density at radius 1 is 1.05 bits per heavy atom. The number of nitrogens with zero attached hydrogens (tertiary/aromatic N) is 1. The second-order valence-corrected chi connectivity index (χ2v) is 4.94. The van der Waals surface area contributed by atoms with Gasteiger partial charge in [0.25, 0.3) is 0 Å². The zero-order chi connectivity index (χ0) is 14.2. The third-order valence-electron chi connectivity index (χ3n) is 3.55. The smallest absolute Gasteiger partial charge is 0.246 e. The van der Waals surface area contributed by atoms with Gasteiger partial charge >= 0.3 is 0 Å². The zero-order valence-electron chi connectivity index (χ0n) is 11.2. The number of fused-ring (bicyclic) bond motifs is 2. The molecule has 4 heteroatoms. The quantitative estimate of drug-likeness (QED) is 0.742. The van der Waals surface area contributed by atoms with Crippen molar-refractivity contribution in [2.45, 2.75) is 0 Å². The Morgan fingerprint density at radius 2 is 1.86 bits per heavy atom.